The maximum Gasteiger partial charge on any atom is 0.416 e. The Morgan fingerprint density at radius 1 is 0.950 bits per heavy atom. The molecule has 5 rings (SSSR count). The minimum atomic E-state index is -4.46. The van der Waals surface area contributed by atoms with E-state index in [9.17, 15) is 27.9 Å². The van der Waals surface area contributed by atoms with Crippen molar-refractivity contribution in [2.75, 3.05) is 4.90 Å². The first-order valence-corrected chi connectivity index (χ1v) is 12.3. The second-order valence-corrected chi connectivity index (χ2v) is 10.2. The van der Waals surface area contributed by atoms with Gasteiger partial charge in [-0.05, 0) is 63.2 Å². The average Bonchev–Trinajstić information content (AvgIpc) is 3.56. The van der Waals surface area contributed by atoms with Crippen LogP contribution in [0, 0.1) is 0 Å². The number of carboxylic acid groups (broad SMARTS) is 1. The molecule has 2 heterocycles. The molecule has 2 aromatic heterocycles. The molecule has 0 aliphatic heterocycles. The van der Waals surface area contributed by atoms with E-state index in [1.165, 1.54) is 29.1 Å². The number of amides is 1. The fourth-order valence-electron chi connectivity index (χ4n) is 4.51. The van der Waals surface area contributed by atoms with Crippen LogP contribution in [-0.2, 0) is 6.18 Å². The Labute approximate surface area is 227 Å². The van der Waals surface area contributed by atoms with Crippen LogP contribution in [0.25, 0.3) is 27.8 Å². The van der Waals surface area contributed by atoms with Gasteiger partial charge in [0.25, 0.3) is 5.91 Å². The van der Waals surface area contributed by atoms with E-state index in [2.05, 4.69) is 5.10 Å². The SMILES string of the molecule is CC(C)(C)N(C(=O)c1ccccc1)c1c(-c2cnn(-c3ccc(C(F)(F)F)cc3)c2)ccc2cc(C(=O)O)oc12. The highest BCUT2D eigenvalue weighted by atomic mass is 19.4. The van der Waals surface area contributed by atoms with E-state index in [4.69, 9.17) is 4.42 Å². The summed E-state index contributed by atoms with van der Waals surface area (Å²) in [6, 6.07) is 18.1. The third-order valence-electron chi connectivity index (χ3n) is 6.34. The number of aromatic nitrogens is 2. The number of halogens is 3. The maximum atomic E-state index is 14.0. The Hall–Kier alpha value is -4.86. The van der Waals surface area contributed by atoms with Gasteiger partial charge in [0.05, 0.1) is 23.1 Å². The van der Waals surface area contributed by atoms with Gasteiger partial charge in [-0.1, -0.05) is 30.3 Å². The van der Waals surface area contributed by atoms with Gasteiger partial charge < -0.3 is 9.52 Å². The van der Waals surface area contributed by atoms with Crippen LogP contribution in [-0.4, -0.2) is 32.3 Å². The highest BCUT2D eigenvalue weighted by Gasteiger charge is 2.34. The zero-order valence-corrected chi connectivity index (χ0v) is 21.7. The van der Waals surface area contributed by atoms with Crippen LogP contribution >= 0.6 is 0 Å². The van der Waals surface area contributed by atoms with E-state index in [1.54, 1.807) is 53.6 Å². The molecule has 40 heavy (non-hydrogen) atoms. The second kappa shape index (κ2) is 9.71. The molecule has 7 nitrogen and oxygen atoms in total. The lowest BCUT2D eigenvalue weighted by Gasteiger charge is -2.37. The maximum absolute atomic E-state index is 14.0. The van der Waals surface area contributed by atoms with Crippen LogP contribution < -0.4 is 4.90 Å². The number of hydrogen-bond donors (Lipinski definition) is 1. The molecule has 0 atom stereocenters. The largest absolute Gasteiger partial charge is 0.475 e. The van der Waals surface area contributed by atoms with Crippen molar-refractivity contribution < 1.29 is 32.3 Å². The molecule has 10 heteroatoms. The van der Waals surface area contributed by atoms with E-state index >= 15 is 0 Å². The minimum Gasteiger partial charge on any atom is -0.475 e. The summed E-state index contributed by atoms with van der Waals surface area (Å²) in [7, 11) is 0. The summed E-state index contributed by atoms with van der Waals surface area (Å²) in [4.78, 5) is 27.3. The third kappa shape index (κ3) is 4.95. The molecule has 1 N–H and O–H groups in total. The van der Waals surface area contributed by atoms with E-state index in [0.29, 0.717) is 33.5 Å². The van der Waals surface area contributed by atoms with E-state index in [0.717, 1.165) is 12.1 Å². The summed E-state index contributed by atoms with van der Waals surface area (Å²) in [6.45, 7) is 5.55. The quantitative estimate of drug-likeness (QED) is 0.247. The van der Waals surface area contributed by atoms with E-state index in [1.807, 2.05) is 20.8 Å². The van der Waals surface area contributed by atoms with Gasteiger partial charge in [-0.15, -0.1) is 0 Å². The van der Waals surface area contributed by atoms with Gasteiger partial charge in [-0.2, -0.15) is 18.3 Å². The van der Waals surface area contributed by atoms with Crippen LogP contribution in [0.5, 0.6) is 0 Å². The highest BCUT2D eigenvalue weighted by Crippen LogP contribution is 2.42. The first-order chi connectivity index (χ1) is 18.8. The van der Waals surface area contributed by atoms with Crippen LogP contribution in [0.3, 0.4) is 0 Å². The van der Waals surface area contributed by atoms with Gasteiger partial charge >= 0.3 is 12.1 Å². The fraction of sp³-hybridized carbons (Fsp3) is 0.167. The number of carboxylic acids is 1. The third-order valence-corrected chi connectivity index (χ3v) is 6.34. The second-order valence-electron chi connectivity index (χ2n) is 10.2. The van der Waals surface area contributed by atoms with Crippen LogP contribution in [0.4, 0.5) is 18.9 Å². The van der Waals surface area contributed by atoms with Crippen molar-refractivity contribution in [3.8, 4) is 16.8 Å². The minimum absolute atomic E-state index is 0.205. The number of benzene rings is 3. The van der Waals surface area contributed by atoms with Crippen molar-refractivity contribution in [1.82, 2.24) is 9.78 Å². The smallest absolute Gasteiger partial charge is 0.416 e. The molecule has 1 amide bonds. The summed E-state index contributed by atoms with van der Waals surface area (Å²) in [6.07, 6.45) is -1.31. The lowest BCUT2D eigenvalue weighted by molar-refractivity contribution is -0.137. The lowest BCUT2D eigenvalue weighted by atomic mass is 9.97. The molecule has 204 valence electrons. The number of hydrogen-bond acceptors (Lipinski definition) is 4. The molecular weight excluding hydrogens is 523 g/mol. The molecule has 3 aromatic carbocycles. The molecule has 0 aliphatic rings. The summed E-state index contributed by atoms with van der Waals surface area (Å²) in [5, 5.41) is 14.4. The van der Waals surface area contributed by atoms with Crippen molar-refractivity contribution in [2.45, 2.75) is 32.5 Å². The van der Waals surface area contributed by atoms with Gasteiger partial charge in [0.2, 0.25) is 5.76 Å². The lowest BCUT2D eigenvalue weighted by Crippen LogP contribution is -2.46. The van der Waals surface area contributed by atoms with Crippen molar-refractivity contribution >= 4 is 28.5 Å². The Balaban J connectivity index is 1.70. The number of fused-ring (bicyclic) bond motifs is 1. The molecule has 0 unspecified atom stereocenters. The van der Waals surface area contributed by atoms with Gasteiger partial charge in [0, 0.05) is 33.8 Å². The predicted molar refractivity (Wildman–Crippen MR) is 144 cm³/mol. The number of nitrogens with zero attached hydrogens (tertiary/aromatic N) is 3. The van der Waals surface area contributed by atoms with Crippen LogP contribution in [0.2, 0.25) is 0 Å². The molecule has 0 saturated heterocycles. The molecule has 0 aliphatic carbocycles. The highest BCUT2D eigenvalue weighted by molar-refractivity contribution is 6.14. The Morgan fingerprint density at radius 3 is 2.23 bits per heavy atom. The number of anilines is 1. The first kappa shape index (κ1) is 26.7. The van der Waals surface area contributed by atoms with Gasteiger partial charge in [0.1, 0.15) is 0 Å². The number of furan rings is 1. The van der Waals surface area contributed by atoms with Gasteiger partial charge in [0.15, 0.2) is 5.58 Å². The van der Waals surface area contributed by atoms with Gasteiger partial charge in [-0.25, -0.2) is 9.48 Å². The normalized spacial score (nSPS) is 12.1. The van der Waals surface area contributed by atoms with Gasteiger partial charge in [-0.3, -0.25) is 9.69 Å². The number of alkyl halides is 3. The molecular formula is C30H24F3N3O4. The number of rotatable bonds is 5. The molecule has 5 aromatic rings. The fourth-order valence-corrected chi connectivity index (χ4v) is 4.51. The van der Waals surface area contributed by atoms with Crippen molar-refractivity contribution in [3.05, 3.63) is 102 Å². The Bertz CT molecular complexity index is 1710. The van der Waals surface area contributed by atoms with Crippen molar-refractivity contribution in [1.29, 1.82) is 0 Å². The van der Waals surface area contributed by atoms with Crippen molar-refractivity contribution in [3.63, 3.8) is 0 Å². The Kier molecular flexibility index (Phi) is 6.49. The molecule has 0 fully saturated rings. The summed E-state index contributed by atoms with van der Waals surface area (Å²) >= 11 is 0. The first-order valence-electron chi connectivity index (χ1n) is 12.3. The molecule has 0 saturated carbocycles. The van der Waals surface area contributed by atoms with E-state index in [-0.39, 0.29) is 17.3 Å². The summed E-state index contributed by atoms with van der Waals surface area (Å²) < 4.78 is 46.3. The standard InChI is InChI=1S/C30H24F3N3O4/c1-29(2,3)36(27(37)18-7-5-4-6-8-18)25-23(14-9-19-15-24(28(38)39)40-26(19)25)20-16-34-35(17-20)22-12-10-21(11-13-22)30(31,32)33/h4-17H,1-3H3,(H,38,39). The predicted octanol–water partition coefficient (Wildman–Crippen LogP) is 7.45. The molecule has 0 bridgehead atoms. The van der Waals surface area contributed by atoms with Crippen molar-refractivity contribution in [2.24, 2.45) is 0 Å². The zero-order valence-electron chi connectivity index (χ0n) is 21.7. The number of carbonyl (C=O) groups excluding carboxylic acids is 1. The Morgan fingerprint density at radius 2 is 1.62 bits per heavy atom. The van der Waals surface area contributed by atoms with Crippen LogP contribution in [0.1, 0.15) is 47.2 Å². The zero-order chi connectivity index (χ0) is 28.8. The average molecular weight is 548 g/mol. The molecule has 0 radical (unpaired) electrons. The topological polar surface area (TPSA) is 88.6 Å². The molecule has 0 spiro atoms. The number of carbonyl (C=O) groups is 2. The summed E-state index contributed by atoms with van der Waals surface area (Å²) in [5.41, 5.74) is 0.886. The van der Waals surface area contributed by atoms with E-state index < -0.39 is 23.2 Å². The van der Waals surface area contributed by atoms with Crippen LogP contribution in [0.15, 0.2) is 89.6 Å². The summed E-state index contributed by atoms with van der Waals surface area (Å²) in [5.74, 6) is -1.87. The monoisotopic (exact) mass is 547 g/mol. The number of aromatic carboxylic acids is 1.